The molecule has 136 valence electrons. The predicted octanol–water partition coefficient (Wildman–Crippen LogP) is 1.01. The summed E-state index contributed by atoms with van der Waals surface area (Å²) in [6.45, 7) is 4.49. The summed E-state index contributed by atoms with van der Waals surface area (Å²) in [7, 11) is 0. The van der Waals surface area contributed by atoms with E-state index in [1.54, 1.807) is 0 Å². The highest BCUT2D eigenvalue weighted by Crippen LogP contribution is 2.27. The van der Waals surface area contributed by atoms with Crippen molar-refractivity contribution in [3.05, 3.63) is 0 Å². The molecule has 6 heteroatoms. The Labute approximate surface area is 144 Å². The molecule has 3 fully saturated rings. The highest BCUT2D eigenvalue weighted by molar-refractivity contribution is 5.83. The van der Waals surface area contributed by atoms with Crippen molar-refractivity contribution in [3.8, 4) is 0 Å². The number of ether oxygens (including phenoxy) is 1. The van der Waals surface area contributed by atoms with Gasteiger partial charge in [0.25, 0.3) is 0 Å². The first-order chi connectivity index (χ1) is 11.7. The van der Waals surface area contributed by atoms with Crippen molar-refractivity contribution in [2.24, 2.45) is 5.92 Å². The first-order valence-corrected chi connectivity index (χ1v) is 9.62. The van der Waals surface area contributed by atoms with Crippen molar-refractivity contribution in [1.82, 2.24) is 15.1 Å². The summed E-state index contributed by atoms with van der Waals surface area (Å²) >= 11 is 0. The number of rotatable bonds is 4. The molecule has 3 aliphatic rings. The van der Waals surface area contributed by atoms with Gasteiger partial charge in [0.2, 0.25) is 11.8 Å². The van der Waals surface area contributed by atoms with E-state index in [4.69, 9.17) is 4.74 Å². The number of piperazine rings is 1. The third-order valence-electron chi connectivity index (χ3n) is 5.65. The molecule has 1 saturated carbocycles. The molecule has 1 atom stereocenters. The van der Waals surface area contributed by atoms with Crippen LogP contribution in [-0.4, -0.2) is 73.6 Å². The minimum Gasteiger partial charge on any atom is -0.378 e. The summed E-state index contributed by atoms with van der Waals surface area (Å²) in [5.41, 5.74) is 0. The summed E-state index contributed by atoms with van der Waals surface area (Å²) in [4.78, 5) is 28.7. The van der Waals surface area contributed by atoms with Crippen LogP contribution in [0.25, 0.3) is 0 Å². The molecule has 6 nitrogen and oxygen atoms in total. The maximum Gasteiger partial charge on any atom is 0.242 e. The summed E-state index contributed by atoms with van der Waals surface area (Å²) < 4.78 is 5.37. The Morgan fingerprint density at radius 2 is 1.71 bits per heavy atom. The molecule has 2 amide bonds. The van der Waals surface area contributed by atoms with Crippen LogP contribution in [0.2, 0.25) is 0 Å². The number of carbonyl (C=O) groups is 2. The monoisotopic (exact) mass is 337 g/mol. The van der Waals surface area contributed by atoms with Gasteiger partial charge in [-0.3, -0.25) is 9.59 Å². The predicted molar refractivity (Wildman–Crippen MR) is 91.6 cm³/mol. The fourth-order valence-electron chi connectivity index (χ4n) is 4.08. The van der Waals surface area contributed by atoms with Gasteiger partial charge in [-0.05, 0) is 12.3 Å². The first kappa shape index (κ1) is 17.7. The highest BCUT2D eigenvalue weighted by atomic mass is 16.5. The Kier molecular flexibility index (Phi) is 6.49. The summed E-state index contributed by atoms with van der Waals surface area (Å²) in [6, 6.07) is -0.215. The van der Waals surface area contributed by atoms with Crippen LogP contribution in [0.1, 0.15) is 44.9 Å². The van der Waals surface area contributed by atoms with Gasteiger partial charge in [-0.15, -0.1) is 0 Å². The van der Waals surface area contributed by atoms with E-state index in [9.17, 15) is 9.59 Å². The van der Waals surface area contributed by atoms with Gasteiger partial charge in [0.1, 0.15) is 6.04 Å². The van der Waals surface area contributed by atoms with Gasteiger partial charge in [-0.2, -0.15) is 0 Å². The van der Waals surface area contributed by atoms with E-state index >= 15 is 0 Å². The fourth-order valence-corrected chi connectivity index (χ4v) is 4.08. The van der Waals surface area contributed by atoms with Crippen LogP contribution in [0.5, 0.6) is 0 Å². The van der Waals surface area contributed by atoms with Crippen molar-refractivity contribution < 1.29 is 14.3 Å². The molecule has 2 heterocycles. The lowest BCUT2D eigenvalue weighted by molar-refractivity contribution is -0.142. The average Bonchev–Trinajstić information content (AvgIpc) is 2.67. The zero-order valence-electron chi connectivity index (χ0n) is 14.7. The number of hydrogen-bond donors (Lipinski definition) is 1. The van der Waals surface area contributed by atoms with Crippen LogP contribution in [0.15, 0.2) is 0 Å². The third-order valence-corrected chi connectivity index (χ3v) is 5.65. The minimum absolute atomic E-state index is 0.115. The molecule has 3 rings (SSSR count). The summed E-state index contributed by atoms with van der Waals surface area (Å²) in [6.07, 6.45) is 8.34. The smallest absolute Gasteiger partial charge is 0.242 e. The van der Waals surface area contributed by atoms with Crippen molar-refractivity contribution in [3.63, 3.8) is 0 Å². The number of nitrogens with zero attached hydrogens (tertiary/aromatic N) is 2. The topological polar surface area (TPSA) is 61.9 Å². The van der Waals surface area contributed by atoms with Crippen molar-refractivity contribution in [2.75, 3.05) is 45.9 Å². The Morgan fingerprint density at radius 1 is 1.00 bits per heavy atom. The Balaban J connectivity index is 1.37. The summed E-state index contributed by atoms with van der Waals surface area (Å²) in [5, 5.41) is 3.21. The molecule has 0 aromatic rings. The van der Waals surface area contributed by atoms with Crippen LogP contribution >= 0.6 is 0 Å². The molecule has 2 saturated heterocycles. The van der Waals surface area contributed by atoms with Crippen molar-refractivity contribution in [2.45, 2.75) is 51.0 Å². The zero-order valence-corrected chi connectivity index (χ0v) is 14.7. The number of hydrogen-bond acceptors (Lipinski definition) is 4. The number of carbonyl (C=O) groups excluding carboxylic acids is 2. The zero-order chi connectivity index (χ0) is 16.8. The van der Waals surface area contributed by atoms with E-state index in [0.29, 0.717) is 45.8 Å². The van der Waals surface area contributed by atoms with E-state index in [-0.39, 0.29) is 17.9 Å². The lowest BCUT2D eigenvalue weighted by atomic mass is 9.86. The van der Waals surface area contributed by atoms with Crippen LogP contribution in [0.4, 0.5) is 0 Å². The molecule has 0 radical (unpaired) electrons. The maximum absolute atomic E-state index is 12.4. The third kappa shape index (κ3) is 4.70. The van der Waals surface area contributed by atoms with Gasteiger partial charge in [0.15, 0.2) is 0 Å². The molecule has 24 heavy (non-hydrogen) atoms. The number of amides is 2. The minimum atomic E-state index is -0.215. The van der Waals surface area contributed by atoms with Gasteiger partial charge in [-0.1, -0.05) is 32.1 Å². The molecular weight excluding hydrogens is 306 g/mol. The standard InChI is InChI=1S/C18H31N3O3/c22-17(7-6-15-4-2-1-3-5-15)20-9-11-21(12-10-20)18(23)16-14-24-13-8-19-16/h15-16,19H,1-14H2. The number of nitrogens with one attached hydrogen (secondary N) is 1. The Hall–Kier alpha value is -1.14. The van der Waals surface area contributed by atoms with Crippen LogP contribution < -0.4 is 5.32 Å². The average molecular weight is 337 g/mol. The molecule has 1 unspecified atom stereocenters. The second kappa shape index (κ2) is 8.81. The molecule has 2 aliphatic heterocycles. The van der Waals surface area contributed by atoms with E-state index < -0.39 is 0 Å². The van der Waals surface area contributed by atoms with Crippen LogP contribution in [0.3, 0.4) is 0 Å². The molecular formula is C18H31N3O3. The maximum atomic E-state index is 12.4. The van der Waals surface area contributed by atoms with Crippen molar-refractivity contribution in [1.29, 1.82) is 0 Å². The van der Waals surface area contributed by atoms with E-state index in [0.717, 1.165) is 18.9 Å². The fraction of sp³-hybridized carbons (Fsp3) is 0.889. The van der Waals surface area contributed by atoms with E-state index in [1.807, 2.05) is 9.80 Å². The van der Waals surface area contributed by atoms with Gasteiger partial charge in [0, 0.05) is 39.1 Å². The van der Waals surface area contributed by atoms with Crippen molar-refractivity contribution >= 4 is 11.8 Å². The van der Waals surface area contributed by atoms with Crippen LogP contribution in [0, 0.1) is 5.92 Å². The number of morpholine rings is 1. The van der Waals surface area contributed by atoms with Gasteiger partial charge in [-0.25, -0.2) is 0 Å². The lowest BCUT2D eigenvalue weighted by Gasteiger charge is -2.37. The van der Waals surface area contributed by atoms with Gasteiger partial charge in [0.05, 0.1) is 13.2 Å². The second-order valence-electron chi connectivity index (χ2n) is 7.33. The Bertz CT molecular complexity index is 423. The van der Waals surface area contributed by atoms with E-state index in [1.165, 1.54) is 32.1 Å². The quantitative estimate of drug-likeness (QED) is 0.832. The first-order valence-electron chi connectivity index (χ1n) is 9.62. The lowest BCUT2D eigenvalue weighted by Crippen LogP contribution is -2.57. The Morgan fingerprint density at radius 3 is 2.38 bits per heavy atom. The second-order valence-corrected chi connectivity index (χ2v) is 7.33. The molecule has 0 bridgehead atoms. The molecule has 0 aromatic heterocycles. The van der Waals surface area contributed by atoms with Crippen LogP contribution in [-0.2, 0) is 14.3 Å². The molecule has 1 aliphatic carbocycles. The highest BCUT2D eigenvalue weighted by Gasteiger charge is 2.30. The van der Waals surface area contributed by atoms with Gasteiger partial charge >= 0.3 is 0 Å². The largest absolute Gasteiger partial charge is 0.378 e. The molecule has 1 N–H and O–H groups in total. The molecule has 0 aromatic carbocycles. The normalized spacial score (nSPS) is 26.4. The SMILES string of the molecule is O=C(CCC1CCCCC1)N1CCN(C(=O)C2COCCN2)CC1. The van der Waals surface area contributed by atoms with Gasteiger partial charge < -0.3 is 19.9 Å². The summed E-state index contributed by atoms with van der Waals surface area (Å²) in [5.74, 6) is 1.14. The molecule has 0 spiro atoms. The van der Waals surface area contributed by atoms with E-state index in [2.05, 4.69) is 5.32 Å².